The third-order valence-electron chi connectivity index (χ3n) is 4.37. The number of carbonyl (C=O) groups is 2. The molecule has 0 aromatic heterocycles. The maximum Gasteiger partial charge on any atom is 0.313 e. The predicted octanol–water partition coefficient (Wildman–Crippen LogP) is 2.07. The van der Waals surface area contributed by atoms with Crippen LogP contribution < -0.4 is 4.74 Å². The Morgan fingerprint density at radius 3 is 2.72 bits per heavy atom. The van der Waals surface area contributed by atoms with Crippen molar-refractivity contribution in [1.82, 2.24) is 4.90 Å². The van der Waals surface area contributed by atoms with Gasteiger partial charge in [-0.1, -0.05) is 11.6 Å². The van der Waals surface area contributed by atoms with Gasteiger partial charge in [0, 0.05) is 18.1 Å². The molecule has 2 aliphatic heterocycles. The normalized spacial score (nSPS) is 25.7. The van der Waals surface area contributed by atoms with E-state index in [4.69, 9.17) is 25.8 Å². The minimum absolute atomic E-state index is 0.0172. The maximum absolute atomic E-state index is 12.3. The van der Waals surface area contributed by atoms with Crippen LogP contribution in [0, 0.1) is 5.92 Å². The van der Waals surface area contributed by atoms with E-state index in [1.54, 1.807) is 23.1 Å². The summed E-state index contributed by atoms with van der Waals surface area (Å²) in [4.78, 5) is 26.2. The number of halogens is 1. The Balaban J connectivity index is 1.52. The first-order chi connectivity index (χ1) is 11.9. The quantitative estimate of drug-likeness (QED) is 0.765. The average Bonchev–Trinajstić information content (AvgIpc) is 2.57. The van der Waals surface area contributed by atoms with Crippen molar-refractivity contribution >= 4 is 23.5 Å². The highest BCUT2D eigenvalue weighted by molar-refractivity contribution is 6.30. The Morgan fingerprint density at radius 2 is 2.00 bits per heavy atom. The van der Waals surface area contributed by atoms with Gasteiger partial charge < -0.3 is 19.1 Å². The lowest BCUT2D eigenvalue weighted by atomic mass is 9.97. The predicted molar refractivity (Wildman–Crippen MR) is 91.7 cm³/mol. The van der Waals surface area contributed by atoms with Crippen LogP contribution in [0.1, 0.15) is 19.4 Å². The zero-order valence-electron chi connectivity index (χ0n) is 14.4. The molecule has 3 rings (SSSR count). The van der Waals surface area contributed by atoms with Crippen molar-refractivity contribution in [2.45, 2.75) is 32.5 Å². The molecule has 0 unspecified atom stereocenters. The molecule has 1 saturated heterocycles. The summed E-state index contributed by atoms with van der Waals surface area (Å²) in [5.74, 6) is -0.314. The standard InChI is InChI=1S/C18H22ClNO5/c1-11-7-20(8-12(2)25-11)17(21)10-24-18(22)14-5-13-6-15(19)3-4-16(13)23-9-14/h3-4,6,11-12,14H,5,7-10H2,1-2H3/t11-,12-,14+/m0/s1. The molecular weight excluding hydrogens is 346 g/mol. The number of ether oxygens (including phenoxy) is 3. The third kappa shape index (κ3) is 4.44. The lowest BCUT2D eigenvalue weighted by Crippen LogP contribution is -2.49. The summed E-state index contributed by atoms with van der Waals surface area (Å²) in [6.45, 7) is 4.86. The van der Waals surface area contributed by atoms with E-state index in [9.17, 15) is 9.59 Å². The van der Waals surface area contributed by atoms with Crippen LogP contribution in [0.3, 0.4) is 0 Å². The minimum Gasteiger partial charge on any atom is -0.492 e. The zero-order chi connectivity index (χ0) is 18.0. The number of fused-ring (bicyclic) bond motifs is 1. The van der Waals surface area contributed by atoms with Gasteiger partial charge in [0.05, 0.1) is 18.1 Å². The molecule has 1 aromatic rings. The van der Waals surface area contributed by atoms with Crippen molar-refractivity contribution in [2.75, 3.05) is 26.3 Å². The zero-order valence-corrected chi connectivity index (χ0v) is 15.1. The van der Waals surface area contributed by atoms with Crippen molar-refractivity contribution < 1.29 is 23.8 Å². The van der Waals surface area contributed by atoms with Gasteiger partial charge in [0.15, 0.2) is 6.61 Å². The molecule has 0 saturated carbocycles. The molecule has 0 N–H and O–H groups in total. The van der Waals surface area contributed by atoms with Gasteiger partial charge in [-0.15, -0.1) is 0 Å². The fourth-order valence-corrected chi connectivity index (χ4v) is 3.43. The summed E-state index contributed by atoms with van der Waals surface area (Å²) >= 11 is 5.98. The van der Waals surface area contributed by atoms with Crippen molar-refractivity contribution in [2.24, 2.45) is 5.92 Å². The molecule has 1 amide bonds. The summed E-state index contributed by atoms with van der Waals surface area (Å²) in [5.41, 5.74) is 0.878. The molecule has 1 aromatic carbocycles. The van der Waals surface area contributed by atoms with Crippen LogP contribution in [0.4, 0.5) is 0 Å². The molecule has 2 aliphatic rings. The number of nitrogens with zero attached hydrogens (tertiary/aromatic N) is 1. The van der Waals surface area contributed by atoms with Gasteiger partial charge in [-0.05, 0) is 44.0 Å². The van der Waals surface area contributed by atoms with E-state index < -0.39 is 11.9 Å². The topological polar surface area (TPSA) is 65.1 Å². The largest absolute Gasteiger partial charge is 0.492 e. The summed E-state index contributed by atoms with van der Waals surface area (Å²) < 4.78 is 16.4. The first kappa shape index (κ1) is 18.0. The Bertz CT molecular complexity index is 655. The monoisotopic (exact) mass is 367 g/mol. The summed E-state index contributed by atoms with van der Waals surface area (Å²) in [6, 6.07) is 5.34. The van der Waals surface area contributed by atoms with Gasteiger partial charge in [-0.2, -0.15) is 0 Å². The molecule has 2 heterocycles. The first-order valence-electron chi connectivity index (χ1n) is 8.43. The van der Waals surface area contributed by atoms with E-state index in [2.05, 4.69) is 0 Å². The van der Waals surface area contributed by atoms with Crippen LogP contribution in [0.15, 0.2) is 18.2 Å². The van der Waals surface area contributed by atoms with E-state index >= 15 is 0 Å². The fourth-order valence-electron chi connectivity index (χ4n) is 3.24. The van der Waals surface area contributed by atoms with Crippen molar-refractivity contribution in [3.63, 3.8) is 0 Å². The summed E-state index contributed by atoms with van der Waals surface area (Å²) in [5, 5.41) is 0.599. The minimum atomic E-state index is -0.429. The number of carbonyl (C=O) groups excluding carboxylic acids is 2. The SMILES string of the molecule is C[C@H]1CN(C(=O)COC(=O)[C@H]2COc3ccc(Cl)cc3C2)C[C@H](C)O1. The highest BCUT2D eigenvalue weighted by atomic mass is 35.5. The maximum atomic E-state index is 12.3. The molecule has 0 spiro atoms. The van der Waals surface area contributed by atoms with Crippen molar-refractivity contribution in [3.8, 4) is 5.75 Å². The van der Waals surface area contributed by atoms with Gasteiger partial charge in [-0.25, -0.2) is 0 Å². The second-order valence-corrected chi connectivity index (χ2v) is 7.06. The number of benzene rings is 1. The third-order valence-corrected chi connectivity index (χ3v) is 4.61. The summed E-state index contributed by atoms with van der Waals surface area (Å²) in [6.07, 6.45) is 0.460. The molecule has 0 bridgehead atoms. The second-order valence-electron chi connectivity index (χ2n) is 6.63. The molecule has 25 heavy (non-hydrogen) atoms. The Morgan fingerprint density at radius 1 is 1.28 bits per heavy atom. The van der Waals surface area contributed by atoms with Crippen LogP contribution >= 0.6 is 11.6 Å². The van der Waals surface area contributed by atoms with Gasteiger partial charge in [0.25, 0.3) is 5.91 Å². The molecule has 136 valence electrons. The van der Waals surface area contributed by atoms with Crippen molar-refractivity contribution in [1.29, 1.82) is 0 Å². The van der Waals surface area contributed by atoms with Crippen LogP contribution in [0.25, 0.3) is 0 Å². The molecule has 1 fully saturated rings. The van der Waals surface area contributed by atoms with E-state index in [0.717, 1.165) is 11.3 Å². The number of rotatable bonds is 3. The second kappa shape index (κ2) is 7.62. The molecule has 6 nitrogen and oxygen atoms in total. The van der Waals surface area contributed by atoms with Gasteiger partial charge in [-0.3, -0.25) is 9.59 Å². The van der Waals surface area contributed by atoms with Crippen LogP contribution in [-0.2, 0) is 25.5 Å². The molecule has 7 heteroatoms. The number of esters is 1. The van der Waals surface area contributed by atoms with E-state index in [1.807, 2.05) is 13.8 Å². The highest BCUT2D eigenvalue weighted by Gasteiger charge is 2.30. The Kier molecular flexibility index (Phi) is 5.49. The Hall–Kier alpha value is -1.79. The van der Waals surface area contributed by atoms with E-state index in [-0.39, 0.29) is 31.3 Å². The molecular formula is C18H22ClNO5. The van der Waals surface area contributed by atoms with E-state index in [0.29, 0.717) is 24.5 Å². The lowest BCUT2D eigenvalue weighted by Gasteiger charge is -2.35. The summed E-state index contributed by atoms with van der Waals surface area (Å²) in [7, 11) is 0. The molecule has 0 aliphatic carbocycles. The number of hydrogen-bond donors (Lipinski definition) is 0. The molecule has 0 radical (unpaired) electrons. The van der Waals surface area contributed by atoms with Gasteiger partial charge >= 0.3 is 5.97 Å². The average molecular weight is 368 g/mol. The lowest BCUT2D eigenvalue weighted by molar-refractivity contribution is -0.160. The van der Waals surface area contributed by atoms with Crippen LogP contribution in [-0.4, -0.2) is 55.3 Å². The smallest absolute Gasteiger partial charge is 0.313 e. The van der Waals surface area contributed by atoms with E-state index in [1.165, 1.54) is 0 Å². The van der Waals surface area contributed by atoms with Crippen LogP contribution in [0.5, 0.6) is 5.75 Å². The first-order valence-corrected chi connectivity index (χ1v) is 8.81. The van der Waals surface area contributed by atoms with Crippen molar-refractivity contribution in [3.05, 3.63) is 28.8 Å². The van der Waals surface area contributed by atoms with Gasteiger partial charge in [0.1, 0.15) is 12.4 Å². The number of hydrogen-bond acceptors (Lipinski definition) is 5. The number of amides is 1. The fraction of sp³-hybridized carbons (Fsp3) is 0.556. The Labute approximate surface area is 152 Å². The van der Waals surface area contributed by atoms with Crippen LogP contribution in [0.2, 0.25) is 5.02 Å². The molecule has 3 atom stereocenters. The van der Waals surface area contributed by atoms with Gasteiger partial charge in [0.2, 0.25) is 0 Å². The number of morpholine rings is 1. The highest BCUT2D eigenvalue weighted by Crippen LogP contribution is 2.30.